The predicted molar refractivity (Wildman–Crippen MR) is 68.0 cm³/mol. The first-order chi connectivity index (χ1) is 7.07. The van der Waals surface area contributed by atoms with Gasteiger partial charge >= 0.3 is 0 Å². The molecular formula is C10H16ClN3S. The molecule has 1 heterocycles. The normalized spacial score (nSPS) is 12.6. The third kappa shape index (κ3) is 2.98. The lowest BCUT2D eigenvalue weighted by Crippen LogP contribution is -2.32. The molecule has 0 aliphatic heterocycles. The summed E-state index contributed by atoms with van der Waals surface area (Å²) in [4.78, 5) is 10.4. The molecule has 0 aliphatic rings. The summed E-state index contributed by atoms with van der Waals surface area (Å²) in [5.74, 6) is 1.98. The van der Waals surface area contributed by atoms with E-state index in [1.807, 2.05) is 25.7 Å². The van der Waals surface area contributed by atoms with Crippen LogP contribution in [0.1, 0.15) is 12.5 Å². The molecule has 0 saturated carbocycles. The summed E-state index contributed by atoms with van der Waals surface area (Å²) in [5, 5.41) is 0.531. The quantitative estimate of drug-likeness (QED) is 0.763. The van der Waals surface area contributed by atoms with E-state index >= 15 is 0 Å². The third-order valence-electron chi connectivity index (χ3n) is 2.40. The van der Waals surface area contributed by atoms with Gasteiger partial charge in [-0.3, -0.25) is 0 Å². The zero-order valence-corrected chi connectivity index (χ0v) is 11.1. The van der Waals surface area contributed by atoms with Gasteiger partial charge in [-0.25, -0.2) is 9.97 Å². The van der Waals surface area contributed by atoms with Crippen LogP contribution in [0, 0.1) is 6.92 Å². The van der Waals surface area contributed by atoms with Crippen LogP contribution in [0.25, 0.3) is 0 Å². The summed E-state index contributed by atoms with van der Waals surface area (Å²) in [6.45, 7) is 4.12. The highest BCUT2D eigenvalue weighted by Crippen LogP contribution is 2.22. The van der Waals surface area contributed by atoms with E-state index in [2.05, 4.69) is 28.0 Å². The Morgan fingerprint density at radius 3 is 2.80 bits per heavy atom. The van der Waals surface area contributed by atoms with Crippen LogP contribution in [0.15, 0.2) is 6.33 Å². The molecule has 0 aromatic carbocycles. The van der Waals surface area contributed by atoms with E-state index in [0.29, 0.717) is 11.2 Å². The maximum absolute atomic E-state index is 5.96. The molecule has 1 aromatic rings. The second kappa shape index (κ2) is 5.56. The van der Waals surface area contributed by atoms with Gasteiger partial charge in [-0.05, 0) is 20.1 Å². The maximum Gasteiger partial charge on any atom is 0.137 e. The van der Waals surface area contributed by atoms with Crippen molar-refractivity contribution in [2.24, 2.45) is 0 Å². The Morgan fingerprint density at radius 2 is 2.20 bits per heavy atom. The van der Waals surface area contributed by atoms with E-state index in [1.54, 1.807) is 0 Å². The fraction of sp³-hybridized carbons (Fsp3) is 0.600. The first-order valence-corrected chi connectivity index (χ1v) is 6.54. The van der Waals surface area contributed by atoms with E-state index in [-0.39, 0.29) is 0 Å². The average molecular weight is 246 g/mol. The Balaban J connectivity index is 2.90. The number of hydrogen-bond acceptors (Lipinski definition) is 4. The molecule has 0 N–H and O–H groups in total. The molecule has 0 amide bonds. The van der Waals surface area contributed by atoms with E-state index in [1.165, 1.54) is 6.33 Å². The summed E-state index contributed by atoms with van der Waals surface area (Å²) in [5.41, 5.74) is 0.939. The monoisotopic (exact) mass is 245 g/mol. The summed E-state index contributed by atoms with van der Waals surface area (Å²) < 4.78 is 0. The fourth-order valence-electron chi connectivity index (χ4n) is 1.34. The Morgan fingerprint density at radius 1 is 1.53 bits per heavy atom. The largest absolute Gasteiger partial charge is 0.356 e. The van der Waals surface area contributed by atoms with Gasteiger partial charge in [0, 0.05) is 24.4 Å². The second-order valence-electron chi connectivity index (χ2n) is 3.53. The molecule has 15 heavy (non-hydrogen) atoms. The molecule has 0 radical (unpaired) electrons. The van der Waals surface area contributed by atoms with E-state index < -0.39 is 0 Å². The molecule has 0 fully saturated rings. The van der Waals surface area contributed by atoms with Crippen molar-refractivity contribution in [3.05, 3.63) is 17.0 Å². The lowest BCUT2D eigenvalue weighted by Gasteiger charge is -2.26. The van der Waals surface area contributed by atoms with Gasteiger partial charge in [0.25, 0.3) is 0 Å². The Labute approximate surface area is 100 Å². The van der Waals surface area contributed by atoms with Gasteiger partial charge in [0.05, 0.1) is 0 Å². The van der Waals surface area contributed by atoms with Crippen LogP contribution < -0.4 is 4.90 Å². The number of anilines is 1. The Hall–Kier alpha value is -0.480. The van der Waals surface area contributed by atoms with Crippen molar-refractivity contribution < 1.29 is 0 Å². The number of nitrogens with zero attached hydrogens (tertiary/aromatic N) is 3. The third-order valence-corrected chi connectivity index (χ3v) is 3.60. The highest BCUT2D eigenvalue weighted by molar-refractivity contribution is 7.98. The molecule has 0 spiro atoms. The molecule has 0 aliphatic carbocycles. The molecule has 0 saturated heterocycles. The van der Waals surface area contributed by atoms with Gasteiger partial charge in [-0.1, -0.05) is 11.6 Å². The van der Waals surface area contributed by atoms with Crippen molar-refractivity contribution in [2.45, 2.75) is 19.9 Å². The van der Waals surface area contributed by atoms with Crippen LogP contribution in [0.5, 0.6) is 0 Å². The number of rotatable bonds is 4. The highest BCUT2D eigenvalue weighted by atomic mass is 35.5. The van der Waals surface area contributed by atoms with E-state index in [9.17, 15) is 0 Å². The molecule has 84 valence electrons. The lowest BCUT2D eigenvalue weighted by atomic mass is 10.3. The average Bonchev–Trinajstić information content (AvgIpc) is 2.21. The predicted octanol–water partition coefficient (Wildman–Crippen LogP) is 2.63. The number of hydrogen-bond donors (Lipinski definition) is 0. The van der Waals surface area contributed by atoms with Crippen LogP contribution in [0.4, 0.5) is 5.82 Å². The van der Waals surface area contributed by atoms with Crippen molar-refractivity contribution in [1.82, 2.24) is 9.97 Å². The molecule has 1 atom stereocenters. The minimum atomic E-state index is 0.435. The van der Waals surface area contributed by atoms with Crippen LogP contribution in [0.2, 0.25) is 5.15 Å². The van der Waals surface area contributed by atoms with Gasteiger partial charge in [-0.2, -0.15) is 11.8 Å². The standard InChI is InChI=1S/C10H16ClN3S/c1-7(5-15-4)14(3)10-8(2)9(11)12-6-13-10/h6-7H,5H2,1-4H3. The molecule has 0 bridgehead atoms. The van der Waals surface area contributed by atoms with Crippen molar-refractivity contribution in [2.75, 3.05) is 24.0 Å². The minimum absolute atomic E-state index is 0.435. The lowest BCUT2D eigenvalue weighted by molar-refractivity contribution is 0.748. The smallest absolute Gasteiger partial charge is 0.137 e. The minimum Gasteiger partial charge on any atom is -0.356 e. The summed E-state index contributed by atoms with van der Waals surface area (Å²) in [6.07, 6.45) is 3.61. The fourth-order valence-corrected chi connectivity index (χ4v) is 2.17. The molecular weight excluding hydrogens is 230 g/mol. The molecule has 1 rings (SSSR count). The SMILES string of the molecule is CSCC(C)N(C)c1ncnc(Cl)c1C. The number of thioether (sulfide) groups is 1. The zero-order chi connectivity index (χ0) is 11.4. The summed E-state index contributed by atoms with van der Waals surface area (Å²) >= 11 is 7.78. The van der Waals surface area contributed by atoms with Gasteiger partial charge in [0.15, 0.2) is 0 Å². The molecule has 1 aromatic heterocycles. The molecule has 5 heteroatoms. The number of aromatic nitrogens is 2. The van der Waals surface area contributed by atoms with Crippen LogP contribution in [-0.4, -0.2) is 35.1 Å². The second-order valence-corrected chi connectivity index (χ2v) is 4.80. The van der Waals surface area contributed by atoms with Crippen molar-refractivity contribution >= 4 is 29.2 Å². The highest BCUT2D eigenvalue weighted by Gasteiger charge is 2.14. The topological polar surface area (TPSA) is 29.0 Å². The first-order valence-electron chi connectivity index (χ1n) is 4.76. The maximum atomic E-state index is 5.96. The van der Waals surface area contributed by atoms with Gasteiger partial charge in [-0.15, -0.1) is 0 Å². The van der Waals surface area contributed by atoms with E-state index in [0.717, 1.165) is 17.1 Å². The van der Waals surface area contributed by atoms with Gasteiger partial charge < -0.3 is 4.90 Å². The van der Waals surface area contributed by atoms with Gasteiger partial charge in [0.1, 0.15) is 17.3 Å². The first kappa shape index (κ1) is 12.6. The van der Waals surface area contributed by atoms with Crippen LogP contribution in [0.3, 0.4) is 0 Å². The van der Waals surface area contributed by atoms with E-state index in [4.69, 9.17) is 11.6 Å². The molecule has 3 nitrogen and oxygen atoms in total. The van der Waals surface area contributed by atoms with Crippen molar-refractivity contribution in [3.63, 3.8) is 0 Å². The van der Waals surface area contributed by atoms with Crippen LogP contribution in [-0.2, 0) is 0 Å². The van der Waals surface area contributed by atoms with Crippen LogP contribution >= 0.6 is 23.4 Å². The Kier molecular flexibility index (Phi) is 4.67. The number of halogens is 1. The van der Waals surface area contributed by atoms with Crippen molar-refractivity contribution in [1.29, 1.82) is 0 Å². The molecule has 1 unspecified atom stereocenters. The van der Waals surface area contributed by atoms with Gasteiger partial charge in [0.2, 0.25) is 0 Å². The zero-order valence-electron chi connectivity index (χ0n) is 9.49. The Bertz CT molecular complexity index is 332. The summed E-state index contributed by atoms with van der Waals surface area (Å²) in [7, 11) is 2.03. The summed E-state index contributed by atoms with van der Waals surface area (Å²) in [6, 6.07) is 0.435. The van der Waals surface area contributed by atoms with Crippen molar-refractivity contribution in [3.8, 4) is 0 Å².